The SMILES string of the molecule is CN(C)CCCc1cc2c(cc1[N+](=O)[O-])OCO2. The number of hydrogen-bond donors (Lipinski definition) is 0. The van der Waals surface area contributed by atoms with E-state index >= 15 is 0 Å². The maximum atomic E-state index is 11.0. The first kappa shape index (κ1) is 12.6. The van der Waals surface area contributed by atoms with Gasteiger partial charge in [0.05, 0.1) is 11.0 Å². The average Bonchev–Trinajstić information content (AvgIpc) is 2.74. The second-order valence-electron chi connectivity index (χ2n) is 4.50. The standard InChI is InChI=1S/C12H16N2O4/c1-13(2)5-3-4-9-6-11-12(18-8-17-11)7-10(9)14(15)16/h6-7H,3-5,8H2,1-2H3. The van der Waals surface area contributed by atoms with Crippen LogP contribution in [-0.4, -0.2) is 37.3 Å². The van der Waals surface area contributed by atoms with Crippen molar-refractivity contribution < 1.29 is 14.4 Å². The van der Waals surface area contributed by atoms with Crippen LogP contribution in [-0.2, 0) is 6.42 Å². The molecule has 98 valence electrons. The molecule has 6 nitrogen and oxygen atoms in total. The summed E-state index contributed by atoms with van der Waals surface area (Å²) in [7, 11) is 3.96. The van der Waals surface area contributed by atoms with Crippen LogP contribution in [0.4, 0.5) is 5.69 Å². The fourth-order valence-corrected chi connectivity index (χ4v) is 1.93. The van der Waals surface area contributed by atoms with Crippen molar-refractivity contribution in [3.8, 4) is 11.5 Å². The molecular weight excluding hydrogens is 236 g/mol. The fourth-order valence-electron chi connectivity index (χ4n) is 1.93. The van der Waals surface area contributed by atoms with E-state index in [2.05, 4.69) is 4.90 Å². The van der Waals surface area contributed by atoms with Crippen LogP contribution in [0.2, 0.25) is 0 Å². The lowest BCUT2D eigenvalue weighted by molar-refractivity contribution is -0.385. The lowest BCUT2D eigenvalue weighted by atomic mass is 10.1. The van der Waals surface area contributed by atoms with Gasteiger partial charge in [0, 0.05) is 5.56 Å². The molecule has 0 amide bonds. The number of ether oxygens (including phenoxy) is 2. The number of nitro benzene ring substituents is 1. The minimum absolute atomic E-state index is 0.109. The number of hydrogen-bond acceptors (Lipinski definition) is 5. The highest BCUT2D eigenvalue weighted by Crippen LogP contribution is 2.38. The summed E-state index contributed by atoms with van der Waals surface area (Å²) in [6.07, 6.45) is 1.53. The molecule has 6 heteroatoms. The highest BCUT2D eigenvalue weighted by atomic mass is 16.7. The first-order valence-electron chi connectivity index (χ1n) is 5.79. The van der Waals surface area contributed by atoms with Gasteiger partial charge in [-0.3, -0.25) is 10.1 Å². The van der Waals surface area contributed by atoms with Gasteiger partial charge >= 0.3 is 0 Å². The summed E-state index contributed by atoms with van der Waals surface area (Å²) in [6.45, 7) is 1.03. The monoisotopic (exact) mass is 252 g/mol. The van der Waals surface area contributed by atoms with Crippen molar-refractivity contribution in [3.05, 3.63) is 27.8 Å². The van der Waals surface area contributed by atoms with Crippen LogP contribution in [0, 0.1) is 10.1 Å². The molecule has 1 aromatic carbocycles. The molecule has 1 aromatic rings. The first-order valence-corrected chi connectivity index (χ1v) is 5.79. The molecule has 0 spiro atoms. The topological polar surface area (TPSA) is 64.8 Å². The Morgan fingerprint density at radius 3 is 2.61 bits per heavy atom. The minimum Gasteiger partial charge on any atom is -0.454 e. The van der Waals surface area contributed by atoms with Crippen molar-refractivity contribution in [2.75, 3.05) is 27.4 Å². The van der Waals surface area contributed by atoms with Gasteiger partial charge in [-0.1, -0.05) is 0 Å². The number of aryl methyl sites for hydroxylation is 1. The van der Waals surface area contributed by atoms with Gasteiger partial charge in [-0.05, 0) is 39.5 Å². The van der Waals surface area contributed by atoms with Crippen LogP contribution in [0.1, 0.15) is 12.0 Å². The molecule has 0 aromatic heterocycles. The van der Waals surface area contributed by atoms with E-state index in [4.69, 9.17) is 9.47 Å². The van der Waals surface area contributed by atoms with Crippen LogP contribution in [0.5, 0.6) is 11.5 Å². The maximum absolute atomic E-state index is 11.0. The smallest absolute Gasteiger partial charge is 0.276 e. The normalized spacial score (nSPS) is 13.1. The molecule has 2 rings (SSSR count). The molecule has 1 heterocycles. The molecule has 0 radical (unpaired) electrons. The second-order valence-corrected chi connectivity index (χ2v) is 4.50. The van der Waals surface area contributed by atoms with E-state index in [9.17, 15) is 10.1 Å². The van der Waals surface area contributed by atoms with Crippen molar-refractivity contribution in [2.24, 2.45) is 0 Å². The third-order valence-electron chi connectivity index (χ3n) is 2.82. The van der Waals surface area contributed by atoms with Crippen LogP contribution >= 0.6 is 0 Å². The Kier molecular flexibility index (Phi) is 3.66. The van der Waals surface area contributed by atoms with E-state index in [0.717, 1.165) is 13.0 Å². The molecule has 0 saturated heterocycles. The first-order chi connectivity index (χ1) is 8.58. The third-order valence-corrected chi connectivity index (χ3v) is 2.82. The Labute approximate surface area is 105 Å². The van der Waals surface area contributed by atoms with E-state index in [-0.39, 0.29) is 17.4 Å². The van der Waals surface area contributed by atoms with Gasteiger partial charge in [0.1, 0.15) is 0 Å². The van der Waals surface area contributed by atoms with Crippen LogP contribution in [0.25, 0.3) is 0 Å². The van der Waals surface area contributed by atoms with Gasteiger partial charge < -0.3 is 14.4 Å². The van der Waals surface area contributed by atoms with Gasteiger partial charge in [0.15, 0.2) is 11.5 Å². The van der Waals surface area contributed by atoms with E-state index in [1.165, 1.54) is 6.07 Å². The largest absolute Gasteiger partial charge is 0.454 e. The number of nitrogens with zero attached hydrogens (tertiary/aromatic N) is 2. The van der Waals surface area contributed by atoms with Crippen molar-refractivity contribution >= 4 is 5.69 Å². The summed E-state index contributed by atoms with van der Waals surface area (Å²) in [5.41, 5.74) is 0.809. The van der Waals surface area contributed by atoms with E-state index in [1.807, 2.05) is 14.1 Å². The maximum Gasteiger partial charge on any atom is 0.276 e. The summed E-state index contributed by atoms with van der Waals surface area (Å²) in [4.78, 5) is 12.7. The molecule has 0 aliphatic carbocycles. The highest BCUT2D eigenvalue weighted by molar-refractivity contribution is 5.55. The number of benzene rings is 1. The molecule has 0 saturated carbocycles. The zero-order valence-corrected chi connectivity index (χ0v) is 10.5. The fraction of sp³-hybridized carbons (Fsp3) is 0.500. The molecule has 0 N–H and O–H groups in total. The van der Waals surface area contributed by atoms with E-state index in [1.54, 1.807) is 6.07 Å². The van der Waals surface area contributed by atoms with Gasteiger partial charge in [0.2, 0.25) is 6.79 Å². The van der Waals surface area contributed by atoms with Gasteiger partial charge in [-0.2, -0.15) is 0 Å². The summed E-state index contributed by atoms with van der Waals surface area (Å²) < 4.78 is 10.4. The van der Waals surface area contributed by atoms with Gasteiger partial charge in [-0.15, -0.1) is 0 Å². The zero-order valence-electron chi connectivity index (χ0n) is 10.5. The lowest BCUT2D eigenvalue weighted by Gasteiger charge is -2.09. The second kappa shape index (κ2) is 5.22. The minimum atomic E-state index is -0.368. The summed E-state index contributed by atoms with van der Waals surface area (Å²) in [6, 6.07) is 3.17. The summed E-state index contributed by atoms with van der Waals surface area (Å²) >= 11 is 0. The van der Waals surface area contributed by atoms with Crippen molar-refractivity contribution in [3.63, 3.8) is 0 Å². The molecule has 1 aliphatic rings. The Morgan fingerprint density at radius 2 is 2.00 bits per heavy atom. The van der Waals surface area contributed by atoms with Gasteiger partial charge in [0.25, 0.3) is 5.69 Å². The molecule has 0 atom stereocenters. The quantitative estimate of drug-likeness (QED) is 0.590. The lowest BCUT2D eigenvalue weighted by Crippen LogP contribution is -2.13. The summed E-state index contributed by atoms with van der Waals surface area (Å²) in [5, 5.41) is 11.0. The molecule has 1 aliphatic heterocycles. The Hall–Kier alpha value is -1.82. The average molecular weight is 252 g/mol. The van der Waals surface area contributed by atoms with Crippen molar-refractivity contribution in [2.45, 2.75) is 12.8 Å². The Bertz CT molecular complexity index is 460. The predicted octanol–water partition coefficient (Wildman–Crippen LogP) is 1.82. The Balaban J connectivity index is 2.19. The molecule has 0 fully saturated rings. The van der Waals surface area contributed by atoms with Gasteiger partial charge in [-0.25, -0.2) is 0 Å². The Morgan fingerprint density at radius 1 is 1.33 bits per heavy atom. The number of nitro groups is 1. The summed E-state index contributed by atoms with van der Waals surface area (Å²) in [5.74, 6) is 1.05. The number of fused-ring (bicyclic) bond motifs is 1. The third kappa shape index (κ3) is 2.70. The molecule has 0 bridgehead atoms. The predicted molar refractivity (Wildman–Crippen MR) is 66.1 cm³/mol. The van der Waals surface area contributed by atoms with Crippen molar-refractivity contribution in [1.29, 1.82) is 0 Å². The molecule has 0 unspecified atom stereocenters. The van der Waals surface area contributed by atoms with E-state index < -0.39 is 0 Å². The zero-order chi connectivity index (χ0) is 13.1. The van der Waals surface area contributed by atoms with Crippen LogP contribution < -0.4 is 9.47 Å². The van der Waals surface area contributed by atoms with Crippen molar-refractivity contribution in [1.82, 2.24) is 4.90 Å². The van der Waals surface area contributed by atoms with Crippen LogP contribution in [0.15, 0.2) is 12.1 Å². The highest BCUT2D eigenvalue weighted by Gasteiger charge is 2.22. The molecule has 18 heavy (non-hydrogen) atoms. The number of rotatable bonds is 5. The molecular formula is C12H16N2O4. The van der Waals surface area contributed by atoms with E-state index in [0.29, 0.717) is 23.5 Å². The van der Waals surface area contributed by atoms with Crippen LogP contribution in [0.3, 0.4) is 0 Å².